The van der Waals surface area contributed by atoms with Crippen molar-refractivity contribution in [2.75, 3.05) is 6.54 Å². The Balaban J connectivity index is 1.39. The van der Waals surface area contributed by atoms with E-state index in [1.165, 1.54) is 5.56 Å². The number of hydrogen-bond acceptors (Lipinski definition) is 4. The number of phenolic OH excluding ortho intramolecular Hbond substituents is 1. The van der Waals surface area contributed by atoms with Gasteiger partial charge in [0.05, 0.1) is 12.1 Å². The second-order valence-corrected chi connectivity index (χ2v) is 7.84. The third-order valence-corrected chi connectivity index (χ3v) is 5.84. The molecule has 2 aromatic carbocycles. The molecule has 0 aliphatic carbocycles. The molecule has 0 saturated carbocycles. The molecular formula is C23H23N3O2S. The van der Waals surface area contributed by atoms with Crippen LogP contribution in [0.4, 0.5) is 0 Å². The van der Waals surface area contributed by atoms with Crippen molar-refractivity contribution in [3.05, 3.63) is 76.9 Å². The lowest BCUT2D eigenvalue weighted by atomic mass is 10.1. The highest BCUT2D eigenvalue weighted by molar-refractivity contribution is 7.15. The Morgan fingerprint density at radius 1 is 1.10 bits per heavy atom. The quantitative estimate of drug-likeness (QED) is 0.483. The second kappa shape index (κ2) is 8.49. The Morgan fingerprint density at radius 3 is 2.55 bits per heavy atom. The zero-order valence-corrected chi connectivity index (χ0v) is 17.1. The lowest BCUT2D eigenvalue weighted by Crippen LogP contribution is -2.27. The molecule has 0 aliphatic rings. The maximum absolute atomic E-state index is 12.4. The first kappa shape index (κ1) is 19.2. The number of carbonyl (C=O) groups is 1. The molecule has 0 atom stereocenters. The molecule has 2 aromatic heterocycles. The van der Waals surface area contributed by atoms with Gasteiger partial charge in [-0.2, -0.15) is 0 Å². The highest BCUT2D eigenvalue weighted by Gasteiger charge is 2.12. The van der Waals surface area contributed by atoms with Gasteiger partial charge in [-0.15, -0.1) is 11.3 Å². The number of benzene rings is 2. The molecule has 1 amide bonds. The fourth-order valence-corrected chi connectivity index (χ4v) is 4.12. The zero-order chi connectivity index (χ0) is 20.2. The van der Waals surface area contributed by atoms with Gasteiger partial charge in [0.15, 0.2) is 4.96 Å². The number of thiazole rings is 1. The number of amides is 1. The fraction of sp³-hybridized carbons (Fsp3) is 0.217. The molecule has 0 aliphatic heterocycles. The molecule has 0 fully saturated rings. The van der Waals surface area contributed by atoms with Crippen molar-refractivity contribution in [3.63, 3.8) is 0 Å². The van der Waals surface area contributed by atoms with E-state index in [1.807, 2.05) is 28.1 Å². The first-order valence-electron chi connectivity index (χ1n) is 9.72. The minimum Gasteiger partial charge on any atom is -0.508 e. The zero-order valence-electron chi connectivity index (χ0n) is 16.3. The molecule has 2 heterocycles. The summed E-state index contributed by atoms with van der Waals surface area (Å²) in [5.74, 6) is 0.242. The van der Waals surface area contributed by atoms with E-state index in [1.54, 1.807) is 23.5 Å². The van der Waals surface area contributed by atoms with E-state index in [4.69, 9.17) is 4.98 Å². The molecule has 0 saturated heterocycles. The van der Waals surface area contributed by atoms with Crippen molar-refractivity contribution in [2.45, 2.75) is 26.2 Å². The van der Waals surface area contributed by atoms with E-state index in [-0.39, 0.29) is 11.7 Å². The number of imidazole rings is 1. The lowest BCUT2D eigenvalue weighted by molar-refractivity contribution is -0.120. The third-order valence-electron chi connectivity index (χ3n) is 4.96. The average molecular weight is 406 g/mol. The molecule has 2 N–H and O–H groups in total. The second-order valence-electron chi connectivity index (χ2n) is 7.00. The van der Waals surface area contributed by atoms with Gasteiger partial charge in [-0.05, 0) is 36.1 Å². The number of nitrogens with one attached hydrogen (secondary N) is 1. The number of aryl methyl sites for hydroxylation is 1. The largest absolute Gasteiger partial charge is 0.508 e. The van der Waals surface area contributed by atoms with E-state index >= 15 is 0 Å². The van der Waals surface area contributed by atoms with Gasteiger partial charge in [-0.3, -0.25) is 9.20 Å². The van der Waals surface area contributed by atoms with Gasteiger partial charge in [0.25, 0.3) is 0 Å². The fourth-order valence-electron chi connectivity index (χ4n) is 3.24. The van der Waals surface area contributed by atoms with Crippen LogP contribution in [0.5, 0.6) is 5.75 Å². The van der Waals surface area contributed by atoms with Crippen LogP contribution < -0.4 is 5.32 Å². The lowest BCUT2D eigenvalue weighted by Gasteiger charge is -2.05. The van der Waals surface area contributed by atoms with Gasteiger partial charge < -0.3 is 10.4 Å². The van der Waals surface area contributed by atoms with Crippen LogP contribution in [0.15, 0.2) is 60.1 Å². The minimum atomic E-state index is -0.00831. The normalized spacial score (nSPS) is 11.1. The van der Waals surface area contributed by atoms with Crippen LogP contribution in [-0.4, -0.2) is 26.9 Å². The summed E-state index contributed by atoms with van der Waals surface area (Å²) in [6, 6.07) is 15.5. The van der Waals surface area contributed by atoms with E-state index in [9.17, 15) is 9.90 Å². The van der Waals surface area contributed by atoms with Crippen molar-refractivity contribution in [1.82, 2.24) is 14.7 Å². The van der Waals surface area contributed by atoms with Gasteiger partial charge in [0.2, 0.25) is 5.91 Å². The van der Waals surface area contributed by atoms with E-state index in [0.717, 1.165) is 40.3 Å². The number of aromatic hydroxyl groups is 1. The molecule has 0 bridgehead atoms. The summed E-state index contributed by atoms with van der Waals surface area (Å²) in [5.41, 5.74) is 5.33. The Hall–Kier alpha value is -3.12. The van der Waals surface area contributed by atoms with Crippen molar-refractivity contribution in [2.24, 2.45) is 0 Å². The first-order chi connectivity index (χ1) is 14.1. The van der Waals surface area contributed by atoms with Crippen LogP contribution in [0.1, 0.15) is 23.7 Å². The summed E-state index contributed by atoms with van der Waals surface area (Å²) in [7, 11) is 0. The monoisotopic (exact) mass is 405 g/mol. The van der Waals surface area contributed by atoms with Gasteiger partial charge in [-0.1, -0.05) is 43.3 Å². The first-order valence-corrected chi connectivity index (χ1v) is 10.6. The number of rotatable bonds is 7. The van der Waals surface area contributed by atoms with E-state index in [2.05, 4.69) is 36.5 Å². The van der Waals surface area contributed by atoms with Gasteiger partial charge in [-0.25, -0.2) is 4.98 Å². The van der Waals surface area contributed by atoms with Gasteiger partial charge >= 0.3 is 0 Å². The number of hydrogen-bond donors (Lipinski definition) is 2. The predicted molar refractivity (Wildman–Crippen MR) is 116 cm³/mol. The third kappa shape index (κ3) is 4.49. The smallest absolute Gasteiger partial charge is 0.225 e. The maximum atomic E-state index is 12.4. The van der Waals surface area contributed by atoms with Gasteiger partial charge in [0, 0.05) is 29.4 Å². The highest BCUT2D eigenvalue weighted by atomic mass is 32.1. The van der Waals surface area contributed by atoms with E-state index in [0.29, 0.717) is 13.0 Å². The molecular weight excluding hydrogens is 382 g/mol. The molecule has 0 radical (unpaired) electrons. The Bertz CT molecular complexity index is 1110. The van der Waals surface area contributed by atoms with Crippen molar-refractivity contribution >= 4 is 22.2 Å². The standard InChI is InChI=1S/C23H23N3O2S/c1-2-16-3-7-18(8-4-16)21-14-26-19(15-29-23(26)25-21)13-22(28)24-12-11-17-5-9-20(27)10-6-17/h3-10,14-15,27H,2,11-13H2,1H3,(H,24,28). The number of phenols is 1. The number of nitrogens with zero attached hydrogens (tertiary/aromatic N) is 2. The summed E-state index contributed by atoms with van der Waals surface area (Å²) < 4.78 is 2.01. The number of aromatic nitrogens is 2. The molecule has 148 valence electrons. The van der Waals surface area contributed by atoms with Gasteiger partial charge in [0.1, 0.15) is 5.75 Å². The summed E-state index contributed by atoms with van der Waals surface area (Å²) >= 11 is 1.55. The number of fused-ring (bicyclic) bond motifs is 1. The topological polar surface area (TPSA) is 66.6 Å². The molecule has 0 unspecified atom stereocenters. The van der Waals surface area contributed by atoms with Crippen LogP contribution in [0, 0.1) is 0 Å². The Labute approximate surface area is 173 Å². The maximum Gasteiger partial charge on any atom is 0.225 e. The SMILES string of the molecule is CCc1ccc(-c2cn3c(CC(=O)NCCc4ccc(O)cc4)csc3n2)cc1. The minimum absolute atomic E-state index is 0.00831. The summed E-state index contributed by atoms with van der Waals surface area (Å²) in [6.45, 7) is 2.71. The summed E-state index contributed by atoms with van der Waals surface area (Å²) in [5, 5.41) is 14.3. The van der Waals surface area contributed by atoms with Crippen molar-refractivity contribution in [1.29, 1.82) is 0 Å². The Kier molecular flexibility index (Phi) is 5.62. The Morgan fingerprint density at radius 2 is 1.83 bits per heavy atom. The average Bonchev–Trinajstić information content (AvgIpc) is 3.32. The number of carbonyl (C=O) groups excluding carboxylic acids is 1. The van der Waals surface area contributed by atoms with Crippen LogP contribution in [0.3, 0.4) is 0 Å². The van der Waals surface area contributed by atoms with Crippen LogP contribution in [0.25, 0.3) is 16.2 Å². The molecule has 6 heteroatoms. The van der Waals surface area contributed by atoms with Crippen molar-refractivity contribution in [3.8, 4) is 17.0 Å². The van der Waals surface area contributed by atoms with Crippen LogP contribution in [0.2, 0.25) is 0 Å². The molecule has 4 rings (SSSR count). The summed E-state index contributed by atoms with van der Waals surface area (Å²) in [6.07, 6.45) is 4.07. The molecule has 4 aromatic rings. The van der Waals surface area contributed by atoms with Crippen LogP contribution in [-0.2, 0) is 24.1 Å². The molecule has 0 spiro atoms. The summed E-state index contributed by atoms with van der Waals surface area (Å²) in [4.78, 5) is 18.0. The highest BCUT2D eigenvalue weighted by Crippen LogP contribution is 2.24. The predicted octanol–water partition coefficient (Wildman–Crippen LogP) is 4.23. The van der Waals surface area contributed by atoms with Crippen LogP contribution >= 0.6 is 11.3 Å². The molecule has 5 nitrogen and oxygen atoms in total. The molecule has 29 heavy (non-hydrogen) atoms. The van der Waals surface area contributed by atoms with Crippen molar-refractivity contribution < 1.29 is 9.90 Å². The van der Waals surface area contributed by atoms with E-state index < -0.39 is 0 Å².